The van der Waals surface area contributed by atoms with Crippen LogP contribution in [0.5, 0.6) is 0 Å². The number of rotatable bonds is 5. The lowest BCUT2D eigenvalue weighted by Crippen LogP contribution is -2.32. The van der Waals surface area contributed by atoms with Gasteiger partial charge in [-0.05, 0) is 30.7 Å². The molecule has 2 rings (SSSR count). The predicted molar refractivity (Wildman–Crippen MR) is 76.3 cm³/mol. The van der Waals surface area contributed by atoms with Gasteiger partial charge in [-0.2, -0.15) is 5.10 Å². The van der Waals surface area contributed by atoms with Crippen LogP contribution in [0.15, 0.2) is 41.2 Å². The minimum absolute atomic E-state index is 0.177. The number of aryl methyl sites for hydroxylation is 1. The van der Waals surface area contributed by atoms with Crippen LogP contribution < -0.4 is 10.9 Å². The molecule has 1 N–H and O–H groups in total. The van der Waals surface area contributed by atoms with Gasteiger partial charge in [0.05, 0.1) is 18.7 Å². The van der Waals surface area contributed by atoms with E-state index in [1.54, 1.807) is 25.1 Å². The highest BCUT2D eigenvalue weighted by molar-refractivity contribution is 5.78. The number of hydrogen-bond donors (Lipinski definition) is 1. The third kappa shape index (κ3) is 4.52. The zero-order chi connectivity index (χ0) is 15.2. The molecule has 0 atom stereocenters. The lowest BCUT2D eigenvalue weighted by molar-refractivity contribution is -0.120. The summed E-state index contributed by atoms with van der Waals surface area (Å²) >= 11 is 0. The molecule has 0 aliphatic carbocycles. The molecular formula is C15H16FN3O2. The van der Waals surface area contributed by atoms with E-state index >= 15 is 0 Å². The van der Waals surface area contributed by atoms with E-state index < -0.39 is 0 Å². The Morgan fingerprint density at radius 3 is 2.67 bits per heavy atom. The van der Waals surface area contributed by atoms with Crippen LogP contribution in [0.2, 0.25) is 0 Å². The maximum Gasteiger partial charge on any atom is 0.266 e. The van der Waals surface area contributed by atoms with Gasteiger partial charge in [-0.3, -0.25) is 9.59 Å². The van der Waals surface area contributed by atoms with E-state index in [0.29, 0.717) is 13.1 Å². The molecule has 2 aromatic rings. The van der Waals surface area contributed by atoms with E-state index in [9.17, 15) is 14.0 Å². The summed E-state index contributed by atoms with van der Waals surface area (Å²) in [6, 6.07) is 8.87. The number of nitrogens with one attached hydrogen (secondary N) is 1. The van der Waals surface area contributed by atoms with Gasteiger partial charge in [0.2, 0.25) is 5.91 Å². The van der Waals surface area contributed by atoms with E-state index in [2.05, 4.69) is 10.4 Å². The van der Waals surface area contributed by atoms with Crippen molar-refractivity contribution in [1.82, 2.24) is 15.1 Å². The van der Waals surface area contributed by atoms with Crippen LogP contribution in [0.25, 0.3) is 0 Å². The SMILES string of the molecule is Cc1ccc(=O)n(CCNC(=O)Cc2ccc(F)cc2)n1. The molecule has 110 valence electrons. The van der Waals surface area contributed by atoms with Crippen LogP contribution in [-0.2, 0) is 17.8 Å². The molecule has 5 nitrogen and oxygen atoms in total. The first-order valence-electron chi connectivity index (χ1n) is 6.60. The van der Waals surface area contributed by atoms with Crippen molar-refractivity contribution in [1.29, 1.82) is 0 Å². The fourth-order valence-electron chi connectivity index (χ4n) is 1.86. The van der Waals surface area contributed by atoms with Gasteiger partial charge in [0.15, 0.2) is 0 Å². The lowest BCUT2D eigenvalue weighted by Gasteiger charge is -2.07. The topological polar surface area (TPSA) is 64.0 Å². The van der Waals surface area contributed by atoms with Crippen LogP contribution in [-0.4, -0.2) is 22.2 Å². The van der Waals surface area contributed by atoms with Crippen molar-refractivity contribution >= 4 is 5.91 Å². The van der Waals surface area contributed by atoms with Gasteiger partial charge in [0, 0.05) is 12.6 Å². The molecule has 1 aromatic heterocycles. The molecule has 21 heavy (non-hydrogen) atoms. The first-order chi connectivity index (χ1) is 10.0. The Morgan fingerprint density at radius 2 is 1.95 bits per heavy atom. The van der Waals surface area contributed by atoms with Gasteiger partial charge >= 0.3 is 0 Å². The zero-order valence-corrected chi connectivity index (χ0v) is 11.7. The Balaban J connectivity index is 1.83. The summed E-state index contributed by atoms with van der Waals surface area (Å²) < 4.78 is 14.1. The Bertz CT molecular complexity index is 680. The number of amides is 1. The average molecular weight is 289 g/mol. The maximum atomic E-state index is 12.7. The molecule has 0 fully saturated rings. The molecule has 0 spiro atoms. The molecule has 0 unspecified atom stereocenters. The van der Waals surface area contributed by atoms with Crippen LogP contribution >= 0.6 is 0 Å². The van der Waals surface area contributed by atoms with E-state index in [0.717, 1.165) is 11.3 Å². The van der Waals surface area contributed by atoms with Crippen molar-refractivity contribution in [3.8, 4) is 0 Å². The Hall–Kier alpha value is -2.50. The number of nitrogens with zero attached hydrogens (tertiary/aromatic N) is 2. The smallest absolute Gasteiger partial charge is 0.266 e. The third-order valence-corrected chi connectivity index (χ3v) is 2.92. The van der Waals surface area contributed by atoms with Crippen molar-refractivity contribution in [2.45, 2.75) is 19.9 Å². The summed E-state index contributed by atoms with van der Waals surface area (Å²) in [5.74, 6) is -0.508. The average Bonchev–Trinajstić information content (AvgIpc) is 2.45. The van der Waals surface area contributed by atoms with Crippen molar-refractivity contribution < 1.29 is 9.18 Å². The molecular weight excluding hydrogens is 273 g/mol. The second-order valence-electron chi connectivity index (χ2n) is 4.69. The van der Waals surface area contributed by atoms with E-state index in [1.807, 2.05) is 0 Å². The lowest BCUT2D eigenvalue weighted by atomic mass is 10.1. The van der Waals surface area contributed by atoms with Crippen LogP contribution in [0.3, 0.4) is 0 Å². The van der Waals surface area contributed by atoms with Gasteiger partial charge in [-0.1, -0.05) is 12.1 Å². The van der Waals surface area contributed by atoms with Crippen molar-refractivity contribution in [2.24, 2.45) is 0 Å². The first-order valence-corrected chi connectivity index (χ1v) is 6.60. The Labute approximate surface area is 121 Å². The number of benzene rings is 1. The fraction of sp³-hybridized carbons (Fsp3) is 0.267. The largest absolute Gasteiger partial charge is 0.354 e. The van der Waals surface area contributed by atoms with Crippen molar-refractivity contribution in [2.75, 3.05) is 6.54 Å². The molecule has 6 heteroatoms. The zero-order valence-electron chi connectivity index (χ0n) is 11.7. The van der Waals surface area contributed by atoms with Crippen molar-refractivity contribution in [3.05, 3.63) is 63.8 Å². The second kappa shape index (κ2) is 6.78. The van der Waals surface area contributed by atoms with Gasteiger partial charge in [0.25, 0.3) is 5.56 Å². The summed E-state index contributed by atoms with van der Waals surface area (Å²) in [4.78, 5) is 23.2. The monoisotopic (exact) mass is 289 g/mol. The summed E-state index contributed by atoms with van der Waals surface area (Å²) in [6.45, 7) is 2.43. The molecule has 0 bridgehead atoms. The molecule has 1 heterocycles. The Kier molecular flexibility index (Phi) is 4.81. The summed E-state index contributed by atoms with van der Waals surface area (Å²) in [5.41, 5.74) is 1.28. The fourth-order valence-corrected chi connectivity index (χ4v) is 1.86. The van der Waals surface area contributed by atoms with Crippen LogP contribution in [0.1, 0.15) is 11.3 Å². The number of halogens is 1. The molecule has 0 aliphatic heterocycles. The van der Waals surface area contributed by atoms with Gasteiger partial charge < -0.3 is 5.32 Å². The molecule has 0 aliphatic rings. The normalized spacial score (nSPS) is 10.4. The number of aromatic nitrogens is 2. The molecule has 1 amide bonds. The number of hydrogen-bond acceptors (Lipinski definition) is 3. The summed E-state index contributed by atoms with van der Waals surface area (Å²) in [6.07, 6.45) is 0.177. The minimum atomic E-state index is -0.330. The predicted octanol–water partition coefficient (Wildman–Crippen LogP) is 1.05. The van der Waals surface area contributed by atoms with Gasteiger partial charge in [-0.15, -0.1) is 0 Å². The second-order valence-corrected chi connectivity index (χ2v) is 4.69. The van der Waals surface area contributed by atoms with E-state index in [1.165, 1.54) is 22.9 Å². The molecule has 0 saturated carbocycles. The third-order valence-electron chi connectivity index (χ3n) is 2.92. The quantitative estimate of drug-likeness (QED) is 0.895. The standard InChI is InChI=1S/C15H16FN3O2/c1-11-2-7-15(21)19(18-11)9-8-17-14(20)10-12-3-5-13(16)6-4-12/h2-7H,8-10H2,1H3,(H,17,20). The van der Waals surface area contributed by atoms with Crippen LogP contribution in [0, 0.1) is 12.7 Å². The van der Waals surface area contributed by atoms with Crippen LogP contribution in [0.4, 0.5) is 4.39 Å². The van der Waals surface area contributed by atoms with Crippen molar-refractivity contribution in [3.63, 3.8) is 0 Å². The number of carbonyl (C=O) groups is 1. The minimum Gasteiger partial charge on any atom is -0.354 e. The van der Waals surface area contributed by atoms with Gasteiger partial charge in [-0.25, -0.2) is 9.07 Å². The molecule has 0 radical (unpaired) electrons. The first kappa shape index (κ1) is 14.9. The maximum absolute atomic E-state index is 12.7. The van der Waals surface area contributed by atoms with E-state index in [4.69, 9.17) is 0 Å². The highest BCUT2D eigenvalue weighted by Crippen LogP contribution is 2.03. The van der Waals surface area contributed by atoms with E-state index in [-0.39, 0.29) is 23.7 Å². The summed E-state index contributed by atoms with van der Waals surface area (Å²) in [7, 11) is 0. The molecule has 0 saturated heterocycles. The summed E-state index contributed by atoms with van der Waals surface area (Å²) in [5, 5.41) is 6.78. The Morgan fingerprint density at radius 1 is 1.24 bits per heavy atom. The highest BCUT2D eigenvalue weighted by atomic mass is 19.1. The number of carbonyl (C=O) groups excluding carboxylic acids is 1. The molecule has 1 aromatic carbocycles. The highest BCUT2D eigenvalue weighted by Gasteiger charge is 2.04. The van der Waals surface area contributed by atoms with Gasteiger partial charge in [0.1, 0.15) is 5.82 Å².